The van der Waals surface area contributed by atoms with Crippen molar-refractivity contribution in [2.75, 3.05) is 60.8 Å². The molecule has 0 saturated carbocycles. The van der Waals surface area contributed by atoms with Crippen molar-refractivity contribution in [1.82, 2.24) is 87.6 Å². The normalized spacial score (nSPS) is 27.0. The summed E-state index contributed by atoms with van der Waals surface area (Å²) in [5, 5.41) is 53.7. The molecule has 8 aliphatic rings. The van der Waals surface area contributed by atoms with E-state index in [9.17, 15) is 15.0 Å². The van der Waals surface area contributed by atoms with Gasteiger partial charge in [0.25, 0.3) is 0 Å². The first-order valence-electron chi connectivity index (χ1n) is 51.5. The highest BCUT2D eigenvalue weighted by atomic mass is 32.1. The Bertz CT molecular complexity index is 6400. The number of thiocarbonyl (C=S) groups is 1. The fraction of sp³-hybridized carbons (Fsp3) is 0.564. The third kappa shape index (κ3) is 22.0. The molecular formula is C101H146N24O18SSi4. The molecule has 13 aromatic rings. The van der Waals surface area contributed by atoms with Gasteiger partial charge in [-0.25, -0.2) is 57.0 Å². The maximum atomic E-state index is 10.9. The average molecular weight is 2130 g/mol. The van der Waals surface area contributed by atoms with E-state index in [0.29, 0.717) is 111 Å². The van der Waals surface area contributed by atoms with Crippen molar-refractivity contribution in [1.29, 1.82) is 0 Å². The Hall–Kier alpha value is -10.6. The number of aliphatic hydroxyl groups excluding tert-OH is 3. The Balaban J connectivity index is 0.000000132. The summed E-state index contributed by atoms with van der Waals surface area (Å²) in [5.74, 6) is 4.36. The highest BCUT2D eigenvalue weighted by Crippen LogP contribution is 2.54. The smallest absolute Gasteiger partial charge is 0.358 e. The molecule has 0 radical (unpaired) electrons. The summed E-state index contributed by atoms with van der Waals surface area (Å²) in [6.45, 7) is 44.6. The molecule has 0 amide bonds. The summed E-state index contributed by atoms with van der Waals surface area (Å²) < 4.78 is 103. The van der Waals surface area contributed by atoms with Gasteiger partial charge in [0.05, 0.1) is 85.0 Å². The van der Waals surface area contributed by atoms with Crippen LogP contribution in [-0.2, 0) is 63.9 Å². The first-order chi connectivity index (χ1) is 70.7. The molecule has 12 aromatic heterocycles. The van der Waals surface area contributed by atoms with Crippen LogP contribution in [-0.4, -0.2) is 236 Å². The number of carbonyl (C=O) groups is 1. The molecule has 8 fully saturated rings. The van der Waals surface area contributed by atoms with Crippen molar-refractivity contribution in [3.05, 3.63) is 175 Å². The van der Waals surface area contributed by atoms with Crippen LogP contribution in [0.25, 0.3) is 33.1 Å². The average Bonchev–Trinajstić information content (AvgIpc) is 1.57. The molecule has 20 heterocycles. The lowest BCUT2D eigenvalue weighted by Gasteiger charge is -2.51. The first-order valence-corrected chi connectivity index (χ1v) is 59.8. The Labute approximate surface area is 870 Å². The van der Waals surface area contributed by atoms with Crippen molar-refractivity contribution >= 4 is 126 Å². The van der Waals surface area contributed by atoms with Crippen molar-refractivity contribution in [3.63, 3.8) is 0 Å². The molecule has 800 valence electrons. The van der Waals surface area contributed by atoms with Gasteiger partial charge in [-0.15, -0.1) is 0 Å². The van der Waals surface area contributed by atoms with E-state index in [1.54, 1.807) is 18.1 Å². The molecule has 21 rings (SSSR count). The van der Waals surface area contributed by atoms with Gasteiger partial charge in [0.15, 0.2) is 41.0 Å². The van der Waals surface area contributed by atoms with E-state index in [1.165, 1.54) is 38.0 Å². The minimum Gasteiger partial charge on any atom is -0.447 e. The molecule has 0 aliphatic carbocycles. The monoisotopic (exact) mass is 2130 g/mol. The molecule has 0 bridgehead atoms. The number of nitrogen functional groups attached to an aromatic ring is 6. The molecule has 47 heteroatoms. The minimum atomic E-state index is -2.97. The van der Waals surface area contributed by atoms with Gasteiger partial charge in [-0.05, 0) is 173 Å². The fourth-order valence-electron chi connectivity index (χ4n) is 22.0. The molecule has 15 N–H and O–H groups in total. The van der Waals surface area contributed by atoms with Gasteiger partial charge >= 0.3 is 39.5 Å². The quantitative estimate of drug-likeness (QED) is 0.0194. The van der Waals surface area contributed by atoms with Gasteiger partial charge in [0.2, 0.25) is 0 Å². The van der Waals surface area contributed by atoms with Gasteiger partial charge in [0.1, 0.15) is 150 Å². The lowest BCUT2D eigenvalue weighted by molar-refractivity contribution is -0.118. The van der Waals surface area contributed by atoms with Gasteiger partial charge < -0.3 is 118 Å². The summed E-state index contributed by atoms with van der Waals surface area (Å²) in [6.07, 6.45) is 10.1. The number of rotatable bonds is 20. The lowest BCUT2D eigenvalue weighted by Crippen LogP contribution is -2.66. The van der Waals surface area contributed by atoms with Gasteiger partial charge in [-0.2, -0.15) is 30.6 Å². The summed E-state index contributed by atoms with van der Waals surface area (Å²) in [4.78, 5) is 34.9. The topological polar surface area (TPSA) is 544 Å². The first kappa shape index (κ1) is 110. The van der Waals surface area contributed by atoms with Gasteiger partial charge in [-0.3, -0.25) is 0 Å². The summed E-state index contributed by atoms with van der Waals surface area (Å²) in [7, 11) is -10.9. The van der Waals surface area contributed by atoms with Crippen LogP contribution in [0.2, 0.25) is 44.3 Å². The number of aromatic nitrogens is 18. The molecule has 148 heavy (non-hydrogen) atoms. The number of hydrogen-bond acceptors (Lipinski definition) is 37. The molecule has 19 atom stereocenters. The number of benzene rings is 1. The van der Waals surface area contributed by atoms with Crippen LogP contribution in [0.15, 0.2) is 141 Å². The van der Waals surface area contributed by atoms with E-state index in [0.717, 1.165) is 94.6 Å². The molecule has 8 saturated heterocycles. The number of carbonyl (C=O) groups excluding carboxylic acids is 1. The van der Waals surface area contributed by atoms with E-state index in [-0.39, 0.29) is 101 Å². The number of anilines is 6. The molecule has 0 unspecified atom stereocenters. The number of para-hydroxylation sites is 1. The van der Waals surface area contributed by atoms with Crippen LogP contribution in [0, 0.1) is 17.8 Å². The third-order valence-corrected chi connectivity index (χ3v) is 50.8. The second-order valence-electron chi connectivity index (χ2n) is 42.1. The maximum absolute atomic E-state index is 10.9. The fourth-order valence-corrected chi connectivity index (χ4v) is 44.6. The Morgan fingerprint density at radius 2 is 0.730 bits per heavy atom. The highest BCUT2D eigenvalue weighted by molar-refractivity contribution is 7.79. The van der Waals surface area contributed by atoms with E-state index in [4.69, 9.17) is 116 Å². The molecule has 8 aliphatic heterocycles. The number of ether oxygens (including phenoxy) is 8. The van der Waals surface area contributed by atoms with Crippen LogP contribution < -0.4 is 39.1 Å². The minimum absolute atomic E-state index is 0.0256. The Kier molecular flexibility index (Phi) is 34.4. The van der Waals surface area contributed by atoms with Crippen molar-refractivity contribution < 1.29 is 83.9 Å². The second kappa shape index (κ2) is 46.3. The van der Waals surface area contributed by atoms with E-state index < -0.39 is 70.9 Å². The Morgan fingerprint density at radius 3 is 1.08 bits per heavy atom. The van der Waals surface area contributed by atoms with Crippen LogP contribution in [0.3, 0.4) is 0 Å². The van der Waals surface area contributed by atoms with E-state index >= 15 is 0 Å². The third-order valence-electron chi connectivity index (χ3n) is 30.1. The zero-order valence-electron chi connectivity index (χ0n) is 87.9. The summed E-state index contributed by atoms with van der Waals surface area (Å²) >= 11 is 5.64. The standard InChI is InChI=1S/C30H44N4O6SSi2.C23H40N4O4Si2.C13H18N4O.C12H16N4O2.C12H14N4O2.C11H14N4O3/c1-18(2)42(19(3)4)35-16-25-27(39-43(40-42,20(5)6)21(7)8)28(38-30(41)36-22-12-10-9-11-13-22)26(37-25)23-14-15-24-29(31)32-17-33-34(23)24;1-14(2)32(15(3)4)28-12-22-21(30-33(31-32,16(5)6)17(7)8)11-20(29-22)18-9-10-19-23(24)25-13-26-27(18)19;1-3-11-8(2)6-12(18-11)9-4-5-10-13(14)15-7-16-17(9)10;2*1-7-4-10(18-11(7)5-17)8-2-3-9-12(13)14-6-15-16(8)9;12-11-7-2-1-6(15(7)14-5-13-11)9-3-8(17)10(4-16)18-9/h9-15,17-21,25-28H,16H2,1-8H3,(H2,31,32,33);9-10,13-17,20-22H,11-12H2,1-8H3,(H2,24,25,26);4-5,7-8,11-12H,3,6H2,1-2H3,(H2,14,15,16);2-3,6-7,10-11,17H,4-5H2,1H3,(H2,13,14,15);2-3,5-7,10-11H,4H2,1H3,(H2,13,14,15);1-2,5,8-10,16-17H,3-4H2,(H2,12,13,14)/t25-,26+,27-,28+;20-,21+,22-;8-,11+,12+;2*7-,10+,11+;8-,9+,10+/m110000/s1. The van der Waals surface area contributed by atoms with Crippen molar-refractivity contribution in [2.24, 2.45) is 17.8 Å². The van der Waals surface area contributed by atoms with Crippen molar-refractivity contribution in [3.8, 4) is 5.75 Å². The SMILES string of the molecule is CC(C)[Si]1(C(C)C)OC[C@H]2O[C@@H](c3ccc4c(N)ncnn34)C[C@@H]2O[Si](C(C)C)(C(C)C)O1.CC(C)[Si]1(C(C)C)OC[C@H]2O[C@@H](c3ccc4c(N)ncnn34)[C@H](OC(=S)Oc3ccccc3)[C@@H]2O[Si](C(C)C)(C(C)C)O1.CC[C@H]1O[C@@H](c2ccc3c(N)ncnn23)C[C@@H]1C.C[C@H]1C[C@H](c2ccc3c(N)ncnn23)O[C@@H]1C=O.C[C@H]1C[C@H](c2ccc3c(N)ncnn23)O[C@@H]1CO.Nc1ncnn2c([C@H]3C[C@H](O)[C@@H](CO)O3)ccc12. The predicted octanol–water partition coefficient (Wildman–Crippen LogP) is 15.0. The molecular weight excluding hydrogens is 1980 g/mol. The summed E-state index contributed by atoms with van der Waals surface area (Å²) in [6, 6.07) is 32.4. The van der Waals surface area contributed by atoms with Crippen LogP contribution in [0.4, 0.5) is 34.9 Å². The van der Waals surface area contributed by atoms with Crippen LogP contribution in [0.5, 0.6) is 5.75 Å². The van der Waals surface area contributed by atoms with Crippen LogP contribution in [0.1, 0.15) is 248 Å². The summed E-state index contributed by atoms with van der Waals surface area (Å²) in [5.41, 5.74) is 47.3. The number of hydrogen-bond donors (Lipinski definition) is 9. The molecule has 1 aromatic carbocycles. The number of nitrogens with zero attached hydrogens (tertiary/aromatic N) is 18. The number of fused-ring (bicyclic) bond motifs is 8. The largest absolute Gasteiger partial charge is 0.447 e. The number of nitrogens with two attached hydrogens (primary N) is 6. The van der Waals surface area contributed by atoms with Crippen LogP contribution >= 0.6 is 12.2 Å². The predicted molar refractivity (Wildman–Crippen MR) is 569 cm³/mol. The van der Waals surface area contributed by atoms with Gasteiger partial charge in [0, 0.05) is 25.1 Å². The number of aldehydes is 1. The van der Waals surface area contributed by atoms with Crippen molar-refractivity contribution in [2.45, 2.75) is 319 Å². The van der Waals surface area contributed by atoms with E-state index in [1.807, 2.05) is 119 Å². The highest BCUT2D eigenvalue weighted by Gasteiger charge is 2.64. The zero-order valence-corrected chi connectivity index (χ0v) is 92.7. The maximum Gasteiger partial charge on any atom is 0.358 e. The number of aliphatic hydroxyl groups is 3. The second-order valence-corrected chi connectivity index (χ2v) is 60.1. The zero-order chi connectivity index (χ0) is 106. The molecule has 0 spiro atoms. The molecule has 42 nitrogen and oxygen atoms in total. The van der Waals surface area contributed by atoms with Gasteiger partial charge in [-0.1, -0.05) is 157 Å². The van der Waals surface area contributed by atoms with E-state index in [2.05, 4.69) is 192 Å². The lowest BCUT2D eigenvalue weighted by atomic mass is 9.99. The Morgan fingerprint density at radius 1 is 0.399 bits per heavy atom.